The number of hydrogen-bond donors (Lipinski definition) is 1. The van der Waals surface area contributed by atoms with Gasteiger partial charge in [0.1, 0.15) is 5.25 Å². The van der Waals surface area contributed by atoms with Crippen molar-refractivity contribution >= 4 is 10.0 Å². The summed E-state index contributed by atoms with van der Waals surface area (Å²) in [7, 11) is -1.77. The molecule has 0 bridgehead atoms. The topological polar surface area (TPSA) is 78.0 Å². The van der Waals surface area contributed by atoms with Gasteiger partial charge in [-0.3, -0.25) is 4.68 Å². The predicted molar refractivity (Wildman–Crippen MR) is 44.7 cm³/mol. The molecule has 6 heteroatoms. The first kappa shape index (κ1) is 9.21. The van der Waals surface area contributed by atoms with Crippen LogP contribution in [0.2, 0.25) is 0 Å². The van der Waals surface area contributed by atoms with E-state index in [0.717, 1.165) is 0 Å². The van der Waals surface area contributed by atoms with E-state index in [-0.39, 0.29) is 0 Å². The lowest BCUT2D eigenvalue weighted by Crippen LogP contribution is -2.18. The molecule has 1 unspecified atom stereocenters. The fourth-order valence-electron chi connectivity index (χ4n) is 0.840. The third-order valence-electron chi connectivity index (χ3n) is 1.69. The Bertz CT molecular complexity index is 368. The number of hydrogen-bond acceptors (Lipinski definition) is 3. The van der Waals surface area contributed by atoms with Gasteiger partial charge in [-0.05, 0) is 6.92 Å². The largest absolute Gasteiger partial charge is 0.275 e. The van der Waals surface area contributed by atoms with Crippen LogP contribution in [0.15, 0.2) is 12.4 Å². The quantitative estimate of drug-likeness (QED) is 0.698. The Morgan fingerprint density at radius 3 is 2.58 bits per heavy atom. The molecule has 0 aliphatic heterocycles. The summed E-state index contributed by atoms with van der Waals surface area (Å²) in [6.45, 7) is 1.53. The molecule has 0 radical (unpaired) electrons. The molecule has 0 fully saturated rings. The molecule has 0 saturated heterocycles. The summed E-state index contributed by atoms with van der Waals surface area (Å²) >= 11 is 0. The van der Waals surface area contributed by atoms with Crippen LogP contribution in [0.1, 0.15) is 17.7 Å². The number of sulfonamides is 1. The second-order valence-electron chi connectivity index (χ2n) is 2.68. The van der Waals surface area contributed by atoms with Gasteiger partial charge in [0.15, 0.2) is 0 Å². The molecule has 68 valence electrons. The van der Waals surface area contributed by atoms with Gasteiger partial charge in [0.2, 0.25) is 10.0 Å². The summed E-state index contributed by atoms with van der Waals surface area (Å²) in [6, 6.07) is 0. The van der Waals surface area contributed by atoms with Crippen LogP contribution in [0.3, 0.4) is 0 Å². The minimum atomic E-state index is -3.50. The third kappa shape index (κ3) is 1.83. The fraction of sp³-hybridized carbons (Fsp3) is 0.500. The Kier molecular flexibility index (Phi) is 2.20. The highest BCUT2D eigenvalue weighted by Gasteiger charge is 2.18. The first-order valence-electron chi connectivity index (χ1n) is 3.41. The number of aromatic nitrogens is 2. The molecular weight excluding hydrogens is 178 g/mol. The molecule has 1 atom stereocenters. The fourth-order valence-corrected chi connectivity index (χ4v) is 1.34. The summed E-state index contributed by atoms with van der Waals surface area (Å²) in [5, 5.41) is 8.11. The van der Waals surface area contributed by atoms with Crippen molar-refractivity contribution in [2.24, 2.45) is 12.2 Å². The van der Waals surface area contributed by atoms with E-state index in [1.807, 2.05) is 0 Å². The average Bonchev–Trinajstić information content (AvgIpc) is 2.32. The molecule has 0 spiro atoms. The van der Waals surface area contributed by atoms with Gasteiger partial charge in [0.05, 0.1) is 6.20 Å². The SMILES string of the molecule is CC(c1cnn(C)c1)S(N)(=O)=O. The van der Waals surface area contributed by atoms with Gasteiger partial charge in [-0.1, -0.05) is 0 Å². The van der Waals surface area contributed by atoms with E-state index >= 15 is 0 Å². The van der Waals surface area contributed by atoms with Crippen molar-refractivity contribution in [3.05, 3.63) is 18.0 Å². The lowest BCUT2D eigenvalue weighted by atomic mass is 10.3. The Balaban J connectivity index is 3.01. The minimum absolute atomic E-state index is 0.611. The van der Waals surface area contributed by atoms with Crippen molar-refractivity contribution in [1.82, 2.24) is 9.78 Å². The molecule has 5 nitrogen and oxygen atoms in total. The third-order valence-corrected chi connectivity index (χ3v) is 2.94. The molecule has 1 heterocycles. The zero-order valence-corrected chi connectivity index (χ0v) is 7.75. The van der Waals surface area contributed by atoms with Gasteiger partial charge in [-0.25, -0.2) is 13.6 Å². The summed E-state index contributed by atoms with van der Waals surface area (Å²) in [4.78, 5) is 0. The van der Waals surface area contributed by atoms with E-state index in [4.69, 9.17) is 5.14 Å². The van der Waals surface area contributed by atoms with Crippen LogP contribution in [0, 0.1) is 0 Å². The molecule has 0 aromatic carbocycles. The van der Waals surface area contributed by atoms with E-state index in [2.05, 4.69) is 5.10 Å². The van der Waals surface area contributed by atoms with Crippen LogP contribution in [-0.2, 0) is 17.1 Å². The maximum atomic E-state index is 10.9. The first-order chi connectivity index (χ1) is 5.41. The lowest BCUT2D eigenvalue weighted by molar-refractivity contribution is 0.588. The van der Waals surface area contributed by atoms with Crippen molar-refractivity contribution in [3.8, 4) is 0 Å². The second kappa shape index (κ2) is 2.87. The molecule has 0 amide bonds. The summed E-state index contributed by atoms with van der Waals surface area (Å²) in [5.74, 6) is 0. The summed E-state index contributed by atoms with van der Waals surface area (Å²) in [5.41, 5.74) is 0.611. The normalized spacial score (nSPS) is 14.6. The van der Waals surface area contributed by atoms with Crippen LogP contribution in [0.25, 0.3) is 0 Å². The van der Waals surface area contributed by atoms with E-state index in [1.165, 1.54) is 17.8 Å². The van der Waals surface area contributed by atoms with Crippen LogP contribution in [0.4, 0.5) is 0 Å². The highest BCUT2D eigenvalue weighted by atomic mass is 32.2. The molecule has 1 aromatic rings. The molecule has 0 saturated carbocycles. The van der Waals surface area contributed by atoms with E-state index < -0.39 is 15.3 Å². The van der Waals surface area contributed by atoms with Gasteiger partial charge in [0.25, 0.3) is 0 Å². The zero-order valence-electron chi connectivity index (χ0n) is 6.93. The monoisotopic (exact) mass is 189 g/mol. The van der Waals surface area contributed by atoms with Crippen LogP contribution >= 0.6 is 0 Å². The lowest BCUT2D eigenvalue weighted by Gasteiger charge is -2.04. The van der Waals surface area contributed by atoms with Crippen molar-refractivity contribution in [2.45, 2.75) is 12.2 Å². The number of nitrogens with zero attached hydrogens (tertiary/aromatic N) is 2. The maximum Gasteiger partial charge on any atom is 0.215 e. The van der Waals surface area contributed by atoms with Crippen molar-refractivity contribution in [1.29, 1.82) is 0 Å². The highest BCUT2D eigenvalue weighted by Crippen LogP contribution is 2.17. The Morgan fingerprint density at radius 1 is 1.67 bits per heavy atom. The van der Waals surface area contributed by atoms with E-state index in [9.17, 15) is 8.42 Å². The molecule has 12 heavy (non-hydrogen) atoms. The van der Waals surface area contributed by atoms with E-state index in [0.29, 0.717) is 5.56 Å². The standard InChI is InChI=1S/C6H11N3O2S/c1-5(12(7,10)11)6-3-8-9(2)4-6/h3-5H,1-2H3,(H2,7,10,11). The first-order valence-corrected chi connectivity index (χ1v) is 5.02. The van der Waals surface area contributed by atoms with Crippen molar-refractivity contribution in [2.75, 3.05) is 0 Å². The van der Waals surface area contributed by atoms with Crippen LogP contribution < -0.4 is 5.14 Å². The minimum Gasteiger partial charge on any atom is -0.275 e. The Labute approximate surface area is 71.2 Å². The van der Waals surface area contributed by atoms with Gasteiger partial charge in [-0.2, -0.15) is 5.10 Å². The van der Waals surface area contributed by atoms with Gasteiger partial charge in [-0.15, -0.1) is 0 Å². The van der Waals surface area contributed by atoms with Crippen LogP contribution in [-0.4, -0.2) is 18.2 Å². The number of rotatable bonds is 2. The molecule has 1 rings (SSSR count). The van der Waals surface area contributed by atoms with Gasteiger partial charge < -0.3 is 0 Å². The highest BCUT2D eigenvalue weighted by molar-refractivity contribution is 7.89. The van der Waals surface area contributed by atoms with Crippen molar-refractivity contribution in [3.63, 3.8) is 0 Å². The number of aryl methyl sites for hydroxylation is 1. The molecule has 0 aliphatic rings. The second-order valence-corrected chi connectivity index (χ2v) is 4.56. The zero-order chi connectivity index (χ0) is 9.35. The number of primary sulfonamides is 1. The number of nitrogens with two attached hydrogens (primary N) is 1. The smallest absolute Gasteiger partial charge is 0.215 e. The molecule has 2 N–H and O–H groups in total. The Morgan fingerprint density at radius 2 is 2.25 bits per heavy atom. The van der Waals surface area contributed by atoms with Crippen molar-refractivity contribution < 1.29 is 8.42 Å². The average molecular weight is 189 g/mol. The summed E-state index contributed by atoms with van der Waals surface area (Å²) in [6.07, 6.45) is 3.13. The van der Waals surface area contributed by atoms with Crippen LogP contribution in [0.5, 0.6) is 0 Å². The molecule has 1 aromatic heterocycles. The molecule has 0 aliphatic carbocycles. The van der Waals surface area contributed by atoms with Gasteiger partial charge in [0, 0.05) is 18.8 Å². The van der Waals surface area contributed by atoms with E-state index in [1.54, 1.807) is 13.2 Å². The summed E-state index contributed by atoms with van der Waals surface area (Å²) < 4.78 is 23.3. The predicted octanol–water partition coefficient (Wildman–Crippen LogP) is -0.230. The maximum absolute atomic E-state index is 10.9. The van der Waals surface area contributed by atoms with Gasteiger partial charge >= 0.3 is 0 Å². The molecular formula is C6H11N3O2S. The Hall–Kier alpha value is -0.880.